The number of likely N-dealkylation sites (N-methyl/N-ethyl adjacent to an activating group) is 1. The van der Waals surface area contributed by atoms with Gasteiger partial charge in [0.05, 0.1) is 6.61 Å². The first-order chi connectivity index (χ1) is 8.97. The molecule has 0 aliphatic carbocycles. The Labute approximate surface area is 114 Å². The molecule has 1 N–H and O–H groups in total. The number of rotatable bonds is 2. The molecule has 2 rings (SSSR count). The number of aryl methyl sites for hydroxylation is 1. The predicted molar refractivity (Wildman–Crippen MR) is 76.4 cm³/mol. The van der Waals surface area contributed by atoms with Crippen molar-refractivity contribution in [3.63, 3.8) is 0 Å². The highest BCUT2D eigenvalue weighted by Crippen LogP contribution is 2.28. The van der Waals surface area contributed by atoms with E-state index in [4.69, 9.17) is 0 Å². The zero-order chi connectivity index (χ0) is 14.2. The van der Waals surface area contributed by atoms with Crippen LogP contribution in [0.2, 0.25) is 0 Å². The first-order valence-electron chi connectivity index (χ1n) is 6.67. The van der Waals surface area contributed by atoms with E-state index in [1.807, 2.05) is 55.8 Å². The molecular formula is C15H22N2O2. The highest BCUT2D eigenvalue weighted by molar-refractivity contribution is 5.99. The molecule has 1 saturated heterocycles. The largest absolute Gasteiger partial charge is 0.394 e. The number of amides is 1. The average Bonchev–Trinajstić information content (AvgIpc) is 2.34. The highest BCUT2D eigenvalue weighted by Gasteiger charge is 2.37. The summed E-state index contributed by atoms with van der Waals surface area (Å²) in [6, 6.07) is 5.69. The van der Waals surface area contributed by atoms with Crippen LogP contribution in [-0.4, -0.2) is 48.2 Å². The Morgan fingerprint density at radius 2 is 2.05 bits per heavy atom. The summed E-state index contributed by atoms with van der Waals surface area (Å²) >= 11 is 0. The van der Waals surface area contributed by atoms with Crippen LogP contribution in [0.1, 0.15) is 18.1 Å². The van der Waals surface area contributed by atoms with E-state index < -0.39 is 6.04 Å². The number of hydrogen-bond acceptors (Lipinski definition) is 3. The zero-order valence-electron chi connectivity index (χ0n) is 12.1. The molecule has 4 heteroatoms. The maximum atomic E-state index is 12.6. The molecule has 1 amide bonds. The second-order valence-corrected chi connectivity index (χ2v) is 5.41. The van der Waals surface area contributed by atoms with Crippen molar-refractivity contribution in [1.82, 2.24) is 4.90 Å². The van der Waals surface area contributed by atoms with Gasteiger partial charge in [0.15, 0.2) is 0 Å². The Morgan fingerprint density at radius 1 is 1.37 bits per heavy atom. The fourth-order valence-corrected chi connectivity index (χ4v) is 2.76. The second-order valence-electron chi connectivity index (χ2n) is 5.41. The Balaban J connectivity index is 2.42. The molecule has 1 aromatic carbocycles. The summed E-state index contributed by atoms with van der Waals surface area (Å²) in [6.45, 7) is 6.77. The van der Waals surface area contributed by atoms with Gasteiger partial charge in [-0.05, 0) is 45.0 Å². The minimum atomic E-state index is -0.434. The van der Waals surface area contributed by atoms with E-state index in [-0.39, 0.29) is 18.6 Å². The summed E-state index contributed by atoms with van der Waals surface area (Å²) in [5, 5.41) is 9.42. The molecule has 0 spiro atoms. The SMILES string of the molecule is Cc1cccc(N2C(=O)C(CO)N(C)CC2C)c1C. The molecule has 0 aromatic heterocycles. The summed E-state index contributed by atoms with van der Waals surface area (Å²) in [4.78, 5) is 16.3. The van der Waals surface area contributed by atoms with E-state index in [0.29, 0.717) is 0 Å². The van der Waals surface area contributed by atoms with Crippen molar-refractivity contribution in [2.75, 3.05) is 25.1 Å². The molecule has 2 unspecified atom stereocenters. The van der Waals surface area contributed by atoms with E-state index in [9.17, 15) is 9.90 Å². The van der Waals surface area contributed by atoms with Gasteiger partial charge in [0.25, 0.3) is 0 Å². The first kappa shape index (κ1) is 14.0. The number of benzene rings is 1. The van der Waals surface area contributed by atoms with Crippen molar-refractivity contribution in [2.24, 2.45) is 0 Å². The normalized spacial score (nSPS) is 24.9. The van der Waals surface area contributed by atoms with Crippen molar-refractivity contribution in [2.45, 2.75) is 32.9 Å². The van der Waals surface area contributed by atoms with Crippen LogP contribution in [0, 0.1) is 13.8 Å². The molecule has 0 bridgehead atoms. The summed E-state index contributed by atoms with van der Waals surface area (Å²) < 4.78 is 0. The highest BCUT2D eigenvalue weighted by atomic mass is 16.3. The second kappa shape index (κ2) is 5.31. The molecule has 4 nitrogen and oxygen atoms in total. The molecule has 1 aliphatic heterocycles. The van der Waals surface area contributed by atoms with E-state index in [1.165, 1.54) is 5.56 Å². The Kier molecular flexibility index (Phi) is 3.92. The third-order valence-corrected chi connectivity index (χ3v) is 4.06. The number of hydrogen-bond donors (Lipinski definition) is 1. The fourth-order valence-electron chi connectivity index (χ4n) is 2.76. The number of anilines is 1. The number of piperazine rings is 1. The lowest BCUT2D eigenvalue weighted by Crippen LogP contribution is -2.61. The van der Waals surface area contributed by atoms with Crippen molar-refractivity contribution < 1.29 is 9.90 Å². The summed E-state index contributed by atoms with van der Waals surface area (Å²) in [6.07, 6.45) is 0. The van der Waals surface area contributed by atoms with Crippen molar-refractivity contribution in [1.29, 1.82) is 0 Å². The molecule has 19 heavy (non-hydrogen) atoms. The van der Waals surface area contributed by atoms with Crippen molar-refractivity contribution >= 4 is 11.6 Å². The van der Waals surface area contributed by atoms with E-state index in [1.54, 1.807) is 0 Å². The van der Waals surface area contributed by atoms with Gasteiger partial charge < -0.3 is 10.0 Å². The van der Waals surface area contributed by atoms with Crippen LogP contribution < -0.4 is 4.90 Å². The van der Waals surface area contributed by atoms with Crippen LogP contribution >= 0.6 is 0 Å². The molecule has 1 aliphatic rings. The standard InChI is InChI=1S/C15H22N2O2/c1-10-6-5-7-13(12(10)3)17-11(2)8-16(4)14(9-18)15(17)19/h5-7,11,14,18H,8-9H2,1-4H3. The Hall–Kier alpha value is -1.39. The van der Waals surface area contributed by atoms with E-state index in [0.717, 1.165) is 17.8 Å². The van der Waals surface area contributed by atoms with Gasteiger partial charge in [-0.25, -0.2) is 0 Å². The van der Waals surface area contributed by atoms with Gasteiger partial charge in [0.2, 0.25) is 5.91 Å². The lowest BCUT2D eigenvalue weighted by molar-refractivity contribution is -0.127. The fraction of sp³-hybridized carbons (Fsp3) is 0.533. The van der Waals surface area contributed by atoms with Crippen molar-refractivity contribution in [3.8, 4) is 0 Å². The third kappa shape index (κ3) is 2.38. The Bertz CT molecular complexity index is 487. The maximum absolute atomic E-state index is 12.6. The molecule has 0 saturated carbocycles. The molecule has 1 heterocycles. The monoisotopic (exact) mass is 262 g/mol. The van der Waals surface area contributed by atoms with Gasteiger partial charge in [0.1, 0.15) is 6.04 Å². The van der Waals surface area contributed by atoms with Crippen LogP contribution in [0.4, 0.5) is 5.69 Å². The van der Waals surface area contributed by atoms with E-state index in [2.05, 4.69) is 0 Å². The lowest BCUT2D eigenvalue weighted by Gasteiger charge is -2.43. The number of carbonyl (C=O) groups excluding carboxylic acids is 1. The van der Waals surface area contributed by atoms with Gasteiger partial charge in [-0.1, -0.05) is 12.1 Å². The predicted octanol–water partition coefficient (Wildman–Crippen LogP) is 1.33. The smallest absolute Gasteiger partial charge is 0.247 e. The third-order valence-electron chi connectivity index (χ3n) is 4.06. The topological polar surface area (TPSA) is 43.8 Å². The van der Waals surface area contributed by atoms with Gasteiger partial charge >= 0.3 is 0 Å². The summed E-state index contributed by atoms with van der Waals surface area (Å²) in [5.41, 5.74) is 3.27. The molecule has 104 valence electrons. The number of carbonyl (C=O) groups is 1. The molecule has 1 aromatic rings. The first-order valence-corrected chi connectivity index (χ1v) is 6.67. The minimum absolute atomic E-state index is 0.0162. The van der Waals surface area contributed by atoms with Crippen LogP contribution in [0.25, 0.3) is 0 Å². The van der Waals surface area contributed by atoms with Gasteiger partial charge in [-0.15, -0.1) is 0 Å². The van der Waals surface area contributed by atoms with Crippen LogP contribution in [0.5, 0.6) is 0 Å². The number of aliphatic hydroxyl groups is 1. The van der Waals surface area contributed by atoms with Gasteiger partial charge in [-0.3, -0.25) is 9.69 Å². The zero-order valence-corrected chi connectivity index (χ0v) is 12.1. The maximum Gasteiger partial charge on any atom is 0.247 e. The number of aliphatic hydroxyl groups excluding tert-OH is 1. The van der Waals surface area contributed by atoms with Gasteiger partial charge in [-0.2, -0.15) is 0 Å². The van der Waals surface area contributed by atoms with Crippen LogP contribution in [-0.2, 0) is 4.79 Å². The van der Waals surface area contributed by atoms with E-state index >= 15 is 0 Å². The molecule has 2 atom stereocenters. The van der Waals surface area contributed by atoms with Crippen molar-refractivity contribution in [3.05, 3.63) is 29.3 Å². The van der Waals surface area contributed by atoms with Crippen LogP contribution in [0.3, 0.4) is 0 Å². The summed E-state index contributed by atoms with van der Waals surface area (Å²) in [5.74, 6) is -0.0162. The minimum Gasteiger partial charge on any atom is -0.394 e. The summed E-state index contributed by atoms with van der Waals surface area (Å²) in [7, 11) is 1.88. The quantitative estimate of drug-likeness (QED) is 0.874. The average molecular weight is 262 g/mol. The van der Waals surface area contributed by atoms with Crippen LogP contribution in [0.15, 0.2) is 18.2 Å². The molecule has 0 radical (unpaired) electrons. The number of nitrogens with zero attached hydrogens (tertiary/aromatic N) is 2. The molecular weight excluding hydrogens is 240 g/mol. The van der Waals surface area contributed by atoms with Gasteiger partial charge in [0, 0.05) is 18.3 Å². The molecule has 1 fully saturated rings. The lowest BCUT2D eigenvalue weighted by atomic mass is 10.0. The Morgan fingerprint density at radius 3 is 2.68 bits per heavy atom.